The van der Waals surface area contributed by atoms with Crippen LogP contribution < -0.4 is 11.2 Å². The van der Waals surface area contributed by atoms with E-state index in [0.29, 0.717) is 12.1 Å². The lowest BCUT2D eigenvalue weighted by Crippen LogP contribution is -2.20. The van der Waals surface area contributed by atoms with Crippen molar-refractivity contribution in [1.29, 1.82) is 0 Å². The first-order valence-electron chi connectivity index (χ1n) is 6.02. The summed E-state index contributed by atoms with van der Waals surface area (Å²) in [4.78, 5) is 23.7. The van der Waals surface area contributed by atoms with Crippen molar-refractivity contribution in [3.63, 3.8) is 0 Å². The Kier molecular flexibility index (Phi) is 2.60. The molecule has 102 valence electrons. The zero-order valence-corrected chi connectivity index (χ0v) is 10.5. The standard InChI is InChI=1S/C14H10FNO4/c1-2-16-9-4-3-7(15)5-8(9)13-12(14(16)19)10(17)6-11(18)20-13/h3-6,17H,2H2,1H3. The maximum atomic E-state index is 13.4. The van der Waals surface area contributed by atoms with E-state index in [2.05, 4.69) is 0 Å². The molecule has 3 rings (SSSR count). The van der Waals surface area contributed by atoms with Crippen LogP contribution in [-0.2, 0) is 6.54 Å². The van der Waals surface area contributed by atoms with Crippen LogP contribution in [0.4, 0.5) is 4.39 Å². The number of rotatable bonds is 1. The average Bonchev–Trinajstić information content (AvgIpc) is 2.39. The van der Waals surface area contributed by atoms with Crippen molar-refractivity contribution in [2.75, 3.05) is 0 Å². The van der Waals surface area contributed by atoms with E-state index < -0.39 is 22.8 Å². The summed E-state index contributed by atoms with van der Waals surface area (Å²) >= 11 is 0. The number of hydrogen-bond donors (Lipinski definition) is 1. The molecule has 0 spiro atoms. The highest BCUT2D eigenvalue weighted by molar-refractivity contribution is 6.03. The van der Waals surface area contributed by atoms with Crippen LogP contribution in [-0.4, -0.2) is 9.67 Å². The lowest BCUT2D eigenvalue weighted by molar-refractivity contribution is 0.467. The molecule has 1 N–H and O–H groups in total. The number of nitrogens with zero attached hydrogens (tertiary/aromatic N) is 1. The molecule has 0 amide bonds. The maximum absolute atomic E-state index is 13.4. The molecule has 6 heteroatoms. The number of aromatic hydroxyl groups is 1. The quantitative estimate of drug-likeness (QED) is 0.689. The molecule has 20 heavy (non-hydrogen) atoms. The van der Waals surface area contributed by atoms with Gasteiger partial charge in [-0.15, -0.1) is 0 Å². The molecule has 0 saturated heterocycles. The van der Waals surface area contributed by atoms with E-state index in [-0.39, 0.29) is 16.4 Å². The summed E-state index contributed by atoms with van der Waals surface area (Å²) in [7, 11) is 0. The molecule has 0 unspecified atom stereocenters. The molecule has 0 aliphatic heterocycles. The second kappa shape index (κ2) is 4.19. The van der Waals surface area contributed by atoms with Crippen LogP contribution in [0.5, 0.6) is 5.75 Å². The first kappa shape index (κ1) is 12.4. The first-order chi connectivity index (χ1) is 9.52. The van der Waals surface area contributed by atoms with Gasteiger partial charge < -0.3 is 14.1 Å². The highest BCUT2D eigenvalue weighted by atomic mass is 19.1. The largest absolute Gasteiger partial charge is 0.507 e. The molecule has 0 aliphatic rings. The van der Waals surface area contributed by atoms with Crippen LogP contribution in [0.2, 0.25) is 0 Å². The SMILES string of the molecule is CCn1c(=O)c2c(O)cc(=O)oc2c2cc(F)ccc21. The molecule has 0 radical (unpaired) electrons. The summed E-state index contributed by atoms with van der Waals surface area (Å²) in [6, 6.07) is 4.67. The average molecular weight is 275 g/mol. The van der Waals surface area contributed by atoms with Gasteiger partial charge in [-0.1, -0.05) is 0 Å². The molecule has 1 aromatic carbocycles. The normalized spacial score (nSPS) is 11.3. The zero-order valence-electron chi connectivity index (χ0n) is 10.5. The fourth-order valence-corrected chi connectivity index (χ4v) is 2.36. The fourth-order valence-electron chi connectivity index (χ4n) is 2.36. The van der Waals surface area contributed by atoms with Gasteiger partial charge in [-0.2, -0.15) is 0 Å². The van der Waals surface area contributed by atoms with Gasteiger partial charge in [-0.25, -0.2) is 9.18 Å². The number of benzene rings is 1. The molecular weight excluding hydrogens is 265 g/mol. The Labute approximate surface area is 111 Å². The maximum Gasteiger partial charge on any atom is 0.339 e. The Morgan fingerprint density at radius 3 is 2.75 bits per heavy atom. The van der Waals surface area contributed by atoms with E-state index in [1.807, 2.05) is 0 Å². The van der Waals surface area contributed by atoms with Crippen molar-refractivity contribution in [3.05, 3.63) is 50.9 Å². The number of aryl methyl sites for hydroxylation is 1. The van der Waals surface area contributed by atoms with E-state index in [0.717, 1.165) is 6.07 Å². The minimum atomic E-state index is -0.797. The lowest BCUT2D eigenvalue weighted by atomic mass is 10.1. The summed E-state index contributed by atoms with van der Waals surface area (Å²) in [6.07, 6.45) is 0. The van der Waals surface area contributed by atoms with Crippen LogP contribution in [0.25, 0.3) is 21.9 Å². The third-order valence-electron chi connectivity index (χ3n) is 3.21. The van der Waals surface area contributed by atoms with Crippen LogP contribution in [0.1, 0.15) is 6.92 Å². The van der Waals surface area contributed by atoms with E-state index >= 15 is 0 Å². The minimum Gasteiger partial charge on any atom is -0.507 e. The van der Waals surface area contributed by atoms with Gasteiger partial charge in [0.15, 0.2) is 5.58 Å². The molecule has 0 aliphatic carbocycles. The van der Waals surface area contributed by atoms with Crippen LogP contribution >= 0.6 is 0 Å². The summed E-state index contributed by atoms with van der Waals surface area (Å²) in [5.41, 5.74) is -0.934. The molecular formula is C14H10FNO4. The van der Waals surface area contributed by atoms with Crippen molar-refractivity contribution in [3.8, 4) is 5.75 Å². The highest BCUT2D eigenvalue weighted by Gasteiger charge is 2.16. The number of hydrogen-bond acceptors (Lipinski definition) is 4. The van der Waals surface area contributed by atoms with Crippen LogP contribution in [0.3, 0.4) is 0 Å². The van der Waals surface area contributed by atoms with Crippen molar-refractivity contribution in [2.45, 2.75) is 13.5 Å². The van der Waals surface area contributed by atoms with E-state index in [9.17, 15) is 19.1 Å². The number of pyridine rings is 1. The third-order valence-corrected chi connectivity index (χ3v) is 3.21. The monoisotopic (exact) mass is 275 g/mol. The summed E-state index contributed by atoms with van der Waals surface area (Å²) in [5, 5.41) is 9.97. The number of halogens is 1. The van der Waals surface area contributed by atoms with Crippen LogP contribution in [0, 0.1) is 5.82 Å². The van der Waals surface area contributed by atoms with Crippen molar-refractivity contribution in [1.82, 2.24) is 4.57 Å². The van der Waals surface area contributed by atoms with Gasteiger partial charge in [0.25, 0.3) is 5.56 Å². The minimum absolute atomic E-state index is 0.0980. The third kappa shape index (κ3) is 1.61. The Bertz CT molecular complexity index is 955. The molecule has 0 saturated carbocycles. The van der Waals surface area contributed by atoms with E-state index in [4.69, 9.17) is 4.42 Å². The van der Waals surface area contributed by atoms with E-state index in [1.54, 1.807) is 6.92 Å². The second-order valence-electron chi connectivity index (χ2n) is 4.37. The number of aromatic nitrogens is 1. The van der Waals surface area contributed by atoms with Gasteiger partial charge in [0.2, 0.25) is 0 Å². The second-order valence-corrected chi connectivity index (χ2v) is 4.37. The van der Waals surface area contributed by atoms with Gasteiger partial charge in [0, 0.05) is 11.9 Å². The Balaban J connectivity index is 2.74. The molecule has 5 nitrogen and oxygen atoms in total. The van der Waals surface area contributed by atoms with Crippen LogP contribution in [0.15, 0.2) is 38.3 Å². The highest BCUT2D eigenvalue weighted by Crippen LogP contribution is 2.27. The Morgan fingerprint density at radius 2 is 2.05 bits per heavy atom. The molecule has 0 fully saturated rings. The first-order valence-corrected chi connectivity index (χ1v) is 6.02. The van der Waals surface area contributed by atoms with Gasteiger partial charge >= 0.3 is 5.63 Å². The predicted octanol–water partition coefficient (Wildman–Crippen LogP) is 1.97. The fraction of sp³-hybridized carbons (Fsp3) is 0.143. The Hall–Kier alpha value is -2.63. The summed E-state index contributed by atoms with van der Waals surface area (Å²) in [6.45, 7) is 2.10. The smallest absolute Gasteiger partial charge is 0.339 e. The van der Waals surface area contributed by atoms with E-state index in [1.165, 1.54) is 22.8 Å². The van der Waals surface area contributed by atoms with Gasteiger partial charge in [-0.05, 0) is 25.1 Å². The van der Waals surface area contributed by atoms with Crippen molar-refractivity contribution < 1.29 is 13.9 Å². The molecule has 2 heterocycles. The predicted molar refractivity (Wildman–Crippen MR) is 71.5 cm³/mol. The summed E-state index contributed by atoms with van der Waals surface area (Å²) < 4.78 is 19.8. The lowest BCUT2D eigenvalue weighted by Gasteiger charge is -2.10. The van der Waals surface area contributed by atoms with Gasteiger partial charge in [0.1, 0.15) is 17.0 Å². The molecule has 3 aromatic rings. The number of fused-ring (bicyclic) bond motifs is 3. The van der Waals surface area contributed by atoms with Gasteiger partial charge in [0.05, 0.1) is 11.6 Å². The topological polar surface area (TPSA) is 72.4 Å². The summed E-state index contributed by atoms with van der Waals surface area (Å²) in [5.74, 6) is -0.985. The van der Waals surface area contributed by atoms with Crippen molar-refractivity contribution >= 4 is 21.9 Å². The Morgan fingerprint density at radius 1 is 1.30 bits per heavy atom. The van der Waals surface area contributed by atoms with Crippen molar-refractivity contribution in [2.24, 2.45) is 0 Å². The van der Waals surface area contributed by atoms with Gasteiger partial charge in [-0.3, -0.25) is 4.79 Å². The molecule has 0 atom stereocenters. The molecule has 2 aromatic heterocycles. The molecule has 0 bridgehead atoms. The zero-order chi connectivity index (χ0) is 14.4.